The summed E-state index contributed by atoms with van der Waals surface area (Å²) in [5.41, 5.74) is 2.67. The molecule has 0 aliphatic carbocycles. The van der Waals surface area contributed by atoms with Crippen LogP contribution in [0.15, 0.2) is 24.4 Å². The Morgan fingerprint density at radius 2 is 1.88 bits per heavy atom. The Morgan fingerprint density at radius 3 is 2.41 bits per heavy atom. The number of aryl methyl sites for hydroxylation is 1. The average molecular weight is 231 g/mol. The number of hydrogen-bond acceptors (Lipinski definition) is 1. The number of rotatable bonds is 2. The molecule has 2 rings (SSSR count). The predicted molar refractivity (Wildman–Crippen MR) is 72.3 cm³/mol. The van der Waals surface area contributed by atoms with Gasteiger partial charge in [0.2, 0.25) is 0 Å². The molecule has 1 heterocycles. The van der Waals surface area contributed by atoms with E-state index in [2.05, 4.69) is 43.7 Å². The van der Waals surface area contributed by atoms with Gasteiger partial charge in [-0.1, -0.05) is 12.1 Å². The summed E-state index contributed by atoms with van der Waals surface area (Å²) in [5, 5.41) is 11.3. The molecule has 0 fully saturated rings. The summed E-state index contributed by atoms with van der Waals surface area (Å²) in [4.78, 5) is 0. The molecule has 0 saturated heterocycles. The molecule has 0 spiro atoms. The Bertz CT molecular complexity index is 544. The molecule has 0 radical (unpaired) electrons. The smallest absolute Gasteiger partial charge is 0.0841 e. The average Bonchev–Trinajstić information content (AvgIpc) is 2.54. The van der Waals surface area contributed by atoms with Crippen LogP contribution in [-0.2, 0) is 5.60 Å². The van der Waals surface area contributed by atoms with Crippen molar-refractivity contribution in [2.75, 3.05) is 0 Å². The van der Waals surface area contributed by atoms with Crippen LogP contribution in [0.25, 0.3) is 10.9 Å². The Kier molecular flexibility index (Phi) is 2.78. The highest BCUT2D eigenvalue weighted by atomic mass is 16.3. The number of benzene rings is 1. The molecule has 0 bridgehead atoms. The monoisotopic (exact) mass is 231 g/mol. The van der Waals surface area contributed by atoms with Gasteiger partial charge in [-0.3, -0.25) is 0 Å². The van der Waals surface area contributed by atoms with E-state index >= 15 is 0 Å². The molecule has 2 nitrogen and oxygen atoms in total. The molecule has 0 aliphatic rings. The number of nitrogens with zero attached hydrogens (tertiary/aromatic N) is 1. The van der Waals surface area contributed by atoms with Crippen molar-refractivity contribution < 1.29 is 5.11 Å². The second-order valence-corrected chi connectivity index (χ2v) is 5.60. The van der Waals surface area contributed by atoms with Crippen LogP contribution in [0.4, 0.5) is 0 Å². The van der Waals surface area contributed by atoms with Crippen molar-refractivity contribution in [3.63, 3.8) is 0 Å². The van der Waals surface area contributed by atoms with Gasteiger partial charge < -0.3 is 9.67 Å². The third-order valence-corrected chi connectivity index (χ3v) is 3.30. The van der Waals surface area contributed by atoms with Crippen LogP contribution >= 0.6 is 0 Å². The summed E-state index contributed by atoms with van der Waals surface area (Å²) in [6, 6.07) is 6.65. The predicted octanol–water partition coefficient (Wildman–Crippen LogP) is 3.76. The highest BCUT2D eigenvalue weighted by Gasteiger charge is 2.17. The lowest BCUT2D eigenvalue weighted by Crippen LogP contribution is -2.15. The van der Waals surface area contributed by atoms with E-state index in [9.17, 15) is 5.11 Å². The van der Waals surface area contributed by atoms with Gasteiger partial charge in [-0.2, -0.15) is 0 Å². The lowest BCUT2D eigenvalue weighted by Gasteiger charge is -2.18. The zero-order valence-electron chi connectivity index (χ0n) is 11.3. The SMILES string of the molecule is Cc1cn(C(C)C)c2cc(C(C)(C)O)ccc12. The fraction of sp³-hybridized carbons (Fsp3) is 0.467. The summed E-state index contributed by atoms with van der Waals surface area (Å²) < 4.78 is 2.26. The third-order valence-electron chi connectivity index (χ3n) is 3.30. The van der Waals surface area contributed by atoms with E-state index in [0.717, 1.165) is 5.56 Å². The van der Waals surface area contributed by atoms with Gasteiger partial charge in [-0.05, 0) is 51.8 Å². The lowest BCUT2D eigenvalue weighted by molar-refractivity contribution is 0.0787. The fourth-order valence-corrected chi connectivity index (χ4v) is 2.23. The zero-order chi connectivity index (χ0) is 12.8. The first-order valence-electron chi connectivity index (χ1n) is 6.15. The van der Waals surface area contributed by atoms with Crippen LogP contribution in [0.1, 0.15) is 44.9 Å². The van der Waals surface area contributed by atoms with Crippen LogP contribution in [0, 0.1) is 6.92 Å². The molecule has 0 atom stereocenters. The van der Waals surface area contributed by atoms with Crippen molar-refractivity contribution in [3.05, 3.63) is 35.5 Å². The molecule has 0 aliphatic heterocycles. The maximum atomic E-state index is 10.1. The van der Waals surface area contributed by atoms with Crippen LogP contribution in [0.2, 0.25) is 0 Å². The maximum Gasteiger partial charge on any atom is 0.0841 e. The topological polar surface area (TPSA) is 25.2 Å². The molecule has 0 amide bonds. The van der Waals surface area contributed by atoms with Gasteiger partial charge in [0.15, 0.2) is 0 Å². The molecule has 1 N–H and O–H groups in total. The molecule has 0 unspecified atom stereocenters. The number of aliphatic hydroxyl groups is 1. The van der Waals surface area contributed by atoms with E-state index in [1.807, 2.05) is 19.9 Å². The van der Waals surface area contributed by atoms with Crippen molar-refractivity contribution in [2.45, 2.75) is 46.3 Å². The Morgan fingerprint density at radius 1 is 1.24 bits per heavy atom. The summed E-state index contributed by atoms with van der Waals surface area (Å²) >= 11 is 0. The second-order valence-electron chi connectivity index (χ2n) is 5.60. The first-order chi connectivity index (χ1) is 7.80. The molecule has 0 saturated carbocycles. The molecule has 17 heavy (non-hydrogen) atoms. The van der Waals surface area contributed by atoms with Gasteiger partial charge in [0.05, 0.1) is 5.60 Å². The van der Waals surface area contributed by atoms with Crippen molar-refractivity contribution in [3.8, 4) is 0 Å². The minimum absolute atomic E-state index is 0.434. The molecule has 1 aromatic carbocycles. The third kappa shape index (κ3) is 2.09. The molecule has 2 heteroatoms. The van der Waals surface area contributed by atoms with E-state index in [0.29, 0.717) is 6.04 Å². The normalized spacial score (nSPS) is 12.6. The van der Waals surface area contributed by atoms with Gasteiger partial charge >= 0.3 is 0 Å². The van der Waals surface area contributed by atoms with Crippen molar-refractivity contribution in [1.82, 2.24) is 4.57 Å². The van der Waals surface area contributed by atoms with Crippen LogP contribution in [0.3, 0.4) is 0 Å². The summed E-state index contributed by atoms with van der Waals surface area (Å²) in [5.74, 6) is 0. The zero-order valence-corrected chi connectivity index (χ0v) is 11.3. The first kappa shape index (κ1) is 12.2. The lowest BCUT2D eigenvalue weighted by atomic mass is 9.97. The van der Waals surface area contributed by atoms with Crippen molar-refractivity contribution in [2.24, 2.45) is 0 Å². The minimum Gasteiger partial charge on any atom is -0.386 e. The highest BCUT2D eigenvalue weighted by molar-refractivity contribution is 5.84. The summed E-state index contributed by atoms with van der Waals surface area (Å²) in [6.07, 6.45) is 2.18. The van der Waals surface area contributed by atoms with Gasteiger partial charge in [0, 0.05) is 23.1 Å². The Balaban J connectivity index is 2.71. The second kappa shape index (κ2) is 3.88. The van der Waals surface area contributed by atoms with E-state index in [1.54, 1.807) is 0 Å². The van der Waals surface area contributed by atoms with Crippen LogP contribution in [0.5, 0.6) is 0 Å². The highest BCUT2D eigenvalue weighted by Crippen LogP contribution is 2.29. The van der Waals surface area contributed by atoms with Gasteiger partial charge in [-0.25, -0.2) is 0 Å². The van der Waals surface area contributed by atoms with Gasteiger partial charge in [0.1, 0.15) is 0 Å². The molecular formula is C15H21NO. The first-order valence-corrected chi connectivity index (χ1v) is 6.15. The maximum absolute atomic E-state index is 10.1. The number of aromatic nitrogens is 1. The molecular weight excluding hydrogens is 210 g/mol. The van der Waals surface area contributed by atoms with Crippen LogP contribution in [-0.4, -0.2) is 9.67 Å². The molecule has 92 valence electrons. The van der Waals surface area contributed by atoms with Gasteiger partial charge in [0.25, 0.3) is 0 Å². The largest absolute Gasteiger partial charge is 0.386 e. The summed E-state index contributed by atoms with van der Waals surface area (Å²) in [6.45, 7) is 10.1. The Labute approximate surface area is 103 Å². The molecule has 1 aromatic heterocycles. The number of fused-ring (bicyclic) bond motifs is 1. The minimum atomic E-state index is -0.784. The van der Waals surface area contributed by atoms with Gasteiger partial charge in [-0.15, -0.1) is 0 Å². The van der Waals surface area contributed by atoms with E-state index in [1.165, 1.54) is 16.5 Å². The summed E-state index contributed by atoms with van der Waals surface area (Å²) in [7, 11) is 0. The molecule has 2 aromatic rings. The van der Waals surface area contributed by atoms with Crippen LogP contribution < -0.4 is 0 Å². The fourth-order valence-electron chi connectivity index (χ4n) is 2.23. The van der Waals surface area contributed by atoms with Crippen molar-refractivity contribution >= 4 is 10.9 Å². The van der Waals surface area contributed by atoms with Crippen molar-refractivity contribution in [1.29, 1.82) is 0 Å². The quantitative estimate of drug-likeness (QED) is 0.836. The van der Waals surface area contributed by atoms with E-state index in [-0.39, 0.29) is 0 Å². The Hall–Kier alpha value is -1.28. The van der Waals surface area contributed by atoms with E-state index in [4.69, 9.17) is 0 Å². The van der Waals surface area contributed by atoms with E-state index < -0.39 is 5.60 Å². The standard InChI is InChI=1S/C15H21NO/c1-10(2)16-9-11(3)13-7-6-12(8-14(13)16)15(4,5)17/h6-10,17H,1-5H3. The number of hydrogen-bond donors (Lipinski definition) is 1.